The molecule has 0 aromatic carbocycles. The van der Waals surface area contributed by atoms with Gasteiger partial charge >= 0.3 is 5.97 Å². The summed E-state index contributed by atoms with van der Waals surface area (Å²) in [6, 6.07) is 0. The summed E-state index contributed by atoms with van der Waals surface area (Å²) >= 11 is 0. The third-order valence-electron chi connectivity index (χ3n) is 2.88. The number of aliphatic carboxylic acids is 1. The number of rotatable bonds is 4. The van der Waals surface area contributed by atoms with Gasteiger partial charge in [0, 0.05) is 13.0 Å². The number of halogens is 2. The van der Waals surface area contributed by atoms with Crippen LogP contribution in [-0.2, 0) is 4.79 Å². The third kappa shape index (κ3) is 3.41. The summed E-state index contributed by atoms with van der Waals surface area (Å²) in [5.74, 6) is -3.47. The van der Waals surface area contributed by atoms with Crippen LogP contribution in [0.15, 0.2) is 0 Å². The van der Waals surface area contributed by atoms with Crippen LogP contribution < -0.4 is 0 Å². The largest absolute Gasteiger partial charge is 0.481 e. The molecule has 88 valence electrons. The summed E-state index contributed by atoms with van der Waals surface area (Å²) in [4.78, 5) is 12.4. The lowest BCUT2D eigenvalue weighted by Crippen LogP contribution is -2.32. The van der Waals surface area contributed by atoms with Gasteiger partial charge < -0.3 is 5.11 Å². The van der Waals surface area contributed by atoms with Crippen molar-refractivity contribution in [1.29, 1.82) is 0 Å². The van der Waals surface area contributed by atoms with Crippen LogP contribution in [0.5, 0.6) is 0 Å². The normalized spacial score (nSPS) is 21.9. The standard InChI is InChI=1S/C10H17F2NO2/c1-9(2,8(14)15)3-5-13-6-4-10(11,12)7-13/h3-7H2,1-2H3,(H,14,15). The molecular weight excluding hydrogens is 204 g/mol. The minimum absolute atomic E-state index is 0.111. The van der Waals surface area contributed by atoms with Gasteiger partial charge in [-0.1, -0.05) is 0 Å². The van der Waals surface area contributed by atoms with Crippen LogP contribution in [-0.4, -0.2) is 41.5 Å². The molecule has 15 heavy (non-hydrogen) atoms. The second-order valence-electron chi connectivity index (χ2n) is 4.82. The van der Waals surface area contributed by atoms with Crippen molar-refractivity contribution in [3.63, 3.8) is 0 Å². The fourth-order valence-corrected chi connectivity index (χ4v) is 1.54. The van der Waals surface area contributed by atoms with Crippen molar-refractivity contribution in [1.82, 2.24) is 4.90 Å². The Hall–Kier alpha value is -0.710. The smallest absolute Gasteiger partial charge is 0.309 e. The van der Waals surface area contributed by atoms with Crippen molar-refractivity contribution < 1.29 is 18.7 Å². The van der Waals surface area contributed by atoms with Gasteiger partial charge in [0.15, 0.2) is 0 Å². The second kappa shape index (κ2) is 4.04. The quantitative estimate of drug-likeness (QED) is 0.787. The van der Waals surface area contributed by atoms with Crippen molar-refractivity contribution in [2.75, 3.05) is 19.6 Å². The summed E-state index contributed by atoms with van der Waals surface area (Å²) in [6.45, 7) is 3.79. The van der Waals surface area contributed by atoms with Gasteiger partial charge in [0.1, 0.15) is 0 Å². The zero-order valence-corrected chi connectivity index (χ0v) is 9.09. The van der Waals surface area contributed by atoms with Crippen LogP contribution in [0.1, 0.15) is 26.7 Å². The summed E-state index contributed by atoms with van der Waals surface area (Å²) < 4.78 is 25.6. The van der Waals surface area contributed by atoms with E-state index in [4.69, 9.17) is 5.11 Å². The molecule has 1 rings (SSSR count). The van der Waals surface area contributed by atoms with Gasteiger partial charge in [-0.2, -0.15) is 0 Å². The van der Waals surface area contributed by atoms with E-state index >= 15 is 0 Å². The van der Waals surface area contributed by atoms with Gasteiger partial charge in [-0.15, -0.1) is 0 Å². The highest BCUT2D eigenvalue weighted by Crippen LogP contribution is 2.28. The molecule has 1 N–H and O–H groups in total. The Morgan fingerprint density at radius 3 is 2.53 bits per heavy atom. The number of alkyl halides is 2. The second-order valence-corrected chi connectivity index (χ2v) is 4.82. The average Bonchev–Trinajstić information content (AvgIpc) is 2.42. The molecule has 0 radical (unpaired) electrons. The van der Waals surface area contributed by atoms with E-state index in [-0.39, 0.29) is 13.0 Å². The molecule has 5 heteroatoms. The van der Waals surface area contributed by atoms with E-state index in [2.05, 4.69) is 0 Å². The number of likely N-dealkylation sites (tertiary alicyclic amines) is 1. The van der Waals surface area contributed by atoms with Crippen molar-refractivity contribution in [2.24, 2.45) is 5.41 Å². The Labute approximate surface area is 88.1 Å². The molecule has 1 aliphatic heterocycles. The molecule has 1 saturated heterocycles. The van der Waals surface area contributed by atoms with Crippen LogP contribution >= 0.6 is 0 Å². The van der Waals surface area contributed by atoms with E-state index < -0.39 is 17.3 Å². The first-order chi connectivity index (χ1) is 6.73. The van der Waals surface area contributed by atoms with Gasteiger partial charge in [0.05, 0.1) is 12.0 Å². The first kappa shape index (κ1) is 12.4. The SMILES string of the molecule is CC(C)(CCN1CCC(F)(F)C1)C(=O)O. The van der Waals surface area contributed by atoms with E-state index in [1.807, 2.05) is 0 Å². The van der Waals surface area contributed by atoms with E-state index in [0.29, 0.717) is 19.5 Å². The molecule has 3 nitrogen and oxygen atoms in total. The predicted molar refractivity (Wildman–Crippen MR) is 52.0 cm³/mol. The molecule has 0 bridgehead atoms. The summed E-state index contributed by atoms with van der Waals surface area (Å²) in [6.07, 6.45) is 0.291. The summed E-state index contributed by atoms with van der Waals surface area (Å²) in [7, 11) is 0. The van der Waals surface area contributed by atoms with Gasteiger partial charge in [-0.05, 0) is 26.8 Å². The van der Waals surface area contributed by atoms with Crippen molar-refractivity contribution in [3.8, 4) is 0 Å². The molecule has 0 atom stereocenters. The van der Waals surface area contributed by atoms with Gasteiger partial charge in [-0.3, -0.25) is 9.69 Å². The van der Waals surface area contributed by atoms with Crippen molar-refractivity contribution in [2.45, 2.75) is 32.6 Å². The monoisotopic (exact) mass is 221 g/mol. The third-order valence-corrected chi connectivity index (χ3v) is 2.88. The van der Waals surface area contributed by atoms with E-state index in [1.165, 1.54) is 0 Å². The first-order valence-corrected chi connectivity index (χ1v) is 5.07. The van der Waals surface area contributed by atoms with Gasteiger partial charge in [0.25, 0.3) is 5.92 Å². The Bertz CT molecular complexity index is 254. The van der Waals surface area contributed by atoms with Gasteiger partial charge in [-0.25, -0.2) is 8.78 Å². The number of hydrogen-bond acceptors (Lipinski definition) is 2. The summed E-state index contributed by atoms with van der Waals surface area (Å²) in [5.41, 5.74) is -0.835. The highest BCUT2D eigenvalue weighted by molar-refractivity contribution is 5.73. The topological polar surface area (TPSA) is 40.5 Å². The molecule has 0 aliphatic carbocycles. The Balaban J connectivity index is 2.36. The number of carboxylic acid groups (broad SMARTS) is 1. The average molecular weight is 221 g/mol. The predicted octanol–water partition coefficient (Wildman–Crippen LogP) is 1.83. The summed E-state index contributed by atoms with van der Waals surface area (Å²) in [5, 5.41) is 8.85. The zero-order valence-electron chi connectivity index (χ0n) is 9.09. The molecule has 1 aliphatic rings. The van der Waals surface area contributed by atoms with Crippen LogP contribution in [0.25, 0.3) is 0 Å². The van der Waals surface area contributed by atoms with Crippen molar-refractivity contribution in [3.05, 3.63) is 0 Å². The number of carboxylic acids is 1. The maximum atomic E-state index is 12.8. The minimum Gasteiger partial charge on any atom is -0.481 e. The Kier molecular flexibility index (Phi) is 3.33. The molecule has 0 amide bonds. The van der Waals surface area contributed by atoms with E-state index in [9.17, 15) is 13.6 Å². The molecular formula is C10H17F2NO2. The molecule has 0 unspecified atom stereocenters. The molecule has 0 saturated carbocycles. The maximum Gasteiger partial charge on any atom is 0.309 e. The maximum absolute atomic E-state index is 12.8. The highest BCUT2D eigenvalue weighted by atomic mass is 19.3. The molecule has 1 fully saturated rings. The molecule has 0 aromatic rings. The molecule has 0 spiro atoms. The Morgan fingerprint density at radius 2 is 2.13 bits per heavy atom. The number of hydrogen-bond donors (Lipinski definition) is 1. The van der Waals surface area contributed by atoms with Crippen LogP contribution in [0.4, 0.5) is 8.78 Å². The van der Waals surface area contributed by atoms with E-state index in [0.717, 1.165) is 0 Å². The lowest BCUT2D eigenvalue weighted by atomic mass is 9.89. The Morgan fingerprint density at radius 1 is 1.53 bits per heavy atom. The molecule has 0 aromatic heterocycles. The first-order valence-electron chi connectivity index (χ1n) is 5.07. The lowest BCUT2D eigenvalue weighted by molar-refractivity contribution is -0.147. The van der Waals surface area contributed by atoms with Crippen LogP contribution in [0, 0.1) is 5.41 Å². The fourth-order valence-electron chi connectivity index (χ4n) is 1.54. The lowest BCUT2D eigenvalue weighted by Gasteiger charge is -2.23. The minimum atomic E-state index is -2.59. The fraction of sp³-hybridized carbons (Fsp3) is 0.900. The van der Waals surface area contributed by atoms with Crippen LogP contribution in [0.3, 0.4) is 0 Å². The van der Waals surface area contributed by atoms with Crippen LogP contribution in [0.2, 0.25) is 0 Å². The zero-order chi connectivity index (χ0) is 11.7. The van der Waals surface area contributed by atoms with Crippen molar-refractivity contribution >= 4 is 5.97 Å². The highest BCUT2D eigenvalue weighted by Gasteiger charge is 2.38. The number of carbonyl (C=O) groups is 1. The number of nitrogens with zero attached hydrogens (tertiary/aromatic N) is 1. The molecule has 1 heterocycles. The van der Waals surface area contributed by atoms with Gasteiger partial charge in [0.2, 0.25) is 0 Å². The van der Waals surface area contributed by atoms with E-state index in [1.54, 1.807) is 18.7 Å².